The third-order valence-electron chi connectivity index (χ3n) is 4.20. The van der Waals surface area contributed by atoms with E-state index >= 15 is 0 Å². The molecule has 1 aromatic rings. The van der Waals surface area contributed by atoms with Gasteiger partial charge in [0.2, 0.25) is 5.91 Å². The summed E-state index contributed by atoms with van der Waals surface area (Å²) in [4.78, 5) is 16.0. The summed E-state index contributed by atoms with van der Waals surface area (Å²) in [6.45, 7) is 4.18. The molecule has 2 unspecified atom stereocenters. The van der Waals surface area contributed by atoms with Gasteiger partial charge in [-0.1, -0.05) is 12.8 Å². The van der Waals surface area contributed by atoms with Gasteiger partial charge < -0.3 is 10.6 Å². The number of carbonyl (C=O) groups is 1. The molecule has 20 heavy (non-hydrogen) atoms. The monoisotopic (exact) mass is 358 g/mol. The second-order valence-electron chi connectivity index (χ2n) is 5.44. The Morgan fingerprint density at radius 3 is 2.80 bits per heavy atom. The van der Waals surface area contributed by atoms with Crippen LogP contribution in [0, 0.1) is 11.8 Å². The maximum atomic E-state index is 12.8. The summed E-state index contributed by atoms with van der Waals surface area (Å²) >= 11 is 5.18. The fourth-order valence-corrected chi connectivity index (χ4v) is 4.52. The van der Waals surface area contributed by atoms with Gasteiger partial charge in [0.15, 0.2) is 0 Å². The SMILES string of the molecule is CCN(Cc1ccc(Br)s1)C(=O)C1CCCCC1CN. The highest BCUT2D eigenvalue weighted by atomic mass is 79.9. The van der Waals surface area contributed by atoms with E-state index in [1.807, 2.05) is 11.0 Å². The first-order valence-corrected chi connectivity index (χ1v) is 8.99. The molecular weight excluding hydrogens is 336 g/mol. The third-order valence-corrected chi connectivity index (χ3v) is 5.81. The van der Waals surface area contributed by atoms with Crippen molar-refractivity contribution in [1.82, 2.24) is 4.90 Å². The van der Waals surface area contributed by atoms with Crippen LogP contribution in [0.25, 0.3) is 0 Å². The van der Waals surface area contributed by atoms with Crippen molar-refractivity contribution >= 4 is 33.2 Å². The highest BCUT2D eigenvalue weighted by molar-refractivity contribution is 9.11. The quantitative estimate of drug-likeness (QED) is 0.873. The minimum absolute atomic E-state index is 0.136. The van der Waals surface area contributed by atoms with Gasteiger partial charge >= 0.3 is 0 Å². The minimum atomic E-state index is 0.136. The summed E-state index contributed by atoms with van der Waals surface area (Å²) in [7, 11) is 0. The molecule has 0 aliphatic heterocycles. The standard InChI is InChI=1S/C15H23BrN2OS/c1-2-18(10-12-7-8-14(16)20-12)15(19)13-6-4-3-5-11(13)9-17/h7-8,11,13H,2-6,9-10,17H2,1H3. The summed E-state index contributed by atoms with van der Waals surface area (Å²) in [5.74, 6) is 0.810. The van der Waals surface area contributed by atoms with Gasteiger partial charge in [0.25, 0.3) is 0 Å². The number of nitrogens with zero attached hydrogens (tertiary/aromatic N) is 1. The summed E-state index contributed by atoms with van der Waals surface area (Å²) in [6.07, 6.45) is 4.49. The van der Waals surface area contributed by atoms with Gasteiger partial charge in [-0.3, -0.25) is 4.79 Å². The molecule has 0 spiro atoms. The largest absolute Gasteiger partial charge is 0.338 e. The molecule has 0 bridgehead atoms. The molecule has 0 radical (unpaired) electrons. The van der Waals surface area contributed by atoms with Crippen molar-refractivity contribution in [2.75, 3.05) is 13.1 Å². The van der Waals surface area contributed by atoms with E-state index in [1.54, 1.807) is 11.3 Å². The highest BCUT2D eigenvalue weighted by Crippen LogP contribution is 2.31. The summed E-state index contributed by atoms with van der Waals surface area (Å²) in [5, 5.41) is 0. The Balaban J connectivity index is 2.03. The zero-order valence-corrected chi connectivity index (χ0v) is 14.4. The van der Waals surface area contributed by atoms with Gasteiger partial charge in [0, 0.05) is 17.3 Å². The first-order chi connectivity index (χ1) is 9.65. The molecule has 1 aliphatic carbocycles. The van der Waals surface area contributed by atoms with E-state index in [9.17, 15) is 4.79 Å². The lowest BCUT2D eigenvalue weighted by Gasteiger charge is -2.33. The van der Waals surface area contributed by atoms with Gasteiger partial charge in [-0.15, -0.1) is 11.3 Å². The van der Waals surface area contributed by atoms with Gasteiger partial charge in [0.1, 0.15) is 0 Å². The van der Waals surface area contributed by atoms with Crippen molar-refractivity contribution < 1.29 is 4.79 Å². The molecular formula is C15H23BrN2OS. The van der Waals surface area contributed by atoms with Crippen LogP contribution in [0.2, 0.25) is 0 Å². The first-order valence-electron chi connectivity index (χ1n) is 7.38. The maximum absolute atomic E-state index is 12.8. The number of nitrogens with two attached hydrogens (primary N) is 1. The number of hydrogen-bond donors (Lipinski definition) is 1. The molecule has 2 N–H and O–H groups in total. The Hall–Kier alpha value is -0.390. The number of hydrogen-bond acceptors (Lipinski definition) is 3. The van der Waals surface area contributed by atoms with Crippen molar-refractivity contribution in [3.05, 3.63) is 20.8 Å². The second kappa shape index (κ2) is 7.57. The first kappa shape index (κ1) is 16.0. The van der Waals surface area contributed by atoms with E-state index in [1.165, 1.54) is 11.3 Å². The van der Waals surface area contributed by atoms with Crippen LogP contribution in [-0.4, -0.2) is 23.9 Å². The lowest BCUT2D eigenvalue weighted by atomic mass is 9.78. The Kier molecular flexibility index (Phi) is 6.05. The van der Waals surface area contributed by atoms with E-state index in [0.29, 0.717) is 18.4 Å². The van der Waals surface area contributed by atoms with Gasteiger partial charge in [-0.25, -0.2) is 0 Å². The van der Waals surface area contributed by atoms with Crippen LogP contribution in [0.5, 0.6) is 0 Å². The Bertz CT molecular complexity index is 449. The molecule has 3 nitrogen and oxygen atoms in total. The number of thiophene rings is 1. The Labute approximate surface area is 133 Å². The van der Waals surface area contributed by atoms with Crippen molar-refractivity contribution in [2.24, 2.45) is 17.6 Å². The minimum Gasteiger partial charge on any atom is -0.338 e. The van der Waals surface area contributed by atoms with E-state index in [0.717, 1.165) is 36.1 Å². The summed E-state index contributed by atoms with van der Waals surface area (Å²) in [6, 6.07) is 4.13. The molecule has 112 valence electrons. The molecule has 0 aromatic carbocycles. The Morgan fingerprint density at radius 1 is 1.45 bits per heavy atom. The molecule has 2 rings (SSSR count). The highest BCUT2D eigenvalue weighted by Gasteiger charge is 2.32. The van der Waals surface area contributed by atoms with Gasteiger partial charge in [-0.2, -0.15) is 0 Å². The molecule has 1 saturated carbocycles. The summed E-state index contributed by atoms with van der Waals surface area (Å²) in [5.41, 5.74) is 5.85. The van der Waals surface area contributed by atoms with E-state index < -0.39 is 0 Å². The van der Waals surface area contributed by atoms with Crippen LogP contribution in [0.4, 0.5) is 0 Å². The predicted octanol–water partition coefficient (Wildman–Crippen LogP) is 3.62. The zero-order valence-electron chi connectivity index (χ0n) is 12.0. The zero-order chi connectivity index (χ0) is 14.5. The third kappa shape index (κ3) is 3.83. The molecule has 5 heteroatoms. The van der Waals surface area contributed by atoms with Crippen LogP contribution in [-0.2, 0) is 11.3 Å². The predicted molar refractivity (Wildman–Crippen MR) is 87.6 cm³/mol. The van der Waals surface area contributed by atoms with Gasteiger partial charge in [0.05, 0.1) is 10.3 Å². The van der Waals surface area contributed by atoms with Crippen LogP contribution < -0.4 is 5.73 Å². The molecule has 2 atom stereocenters. The molecule has 0 saturated heterocycles. The number of amides is 1. The number of rotatable bonds is 5. The van der Waals surface area contributed by atoms with Crippen LogP contribution >= 0.6 is 27.3 Å². The normalized spacial score (nSPS) is 22.8. The fourth-order valence-electron chi connectivity index (χ4n) is 3.02. The molecule has 1 fully saturated rings. The fraction of sp³-hybridized carbons (Fsp3) is 0.667. The van der Waals surface area contributed by atoms with Crippen LogP contribution in [0.15, 0.2) is 15.9 Å². The average molecular weight is 359 g/mol. The summed E-state index contributed by atoms with van der Waals surface area (Å²) < 4.78 is 1.12. The van der Waals surface area contributed by atoms with Crippen LogP contribution in [0.1, 0.15) is 37.5 Å². The Morgan fingerprint density at radius 2 is 2.20 bits per heavy atom. The smallest absolute Gasteiger partial charge is 0.226 e. The number of halogens is 1. The molecule has 1 aromatic heterocycles. The van der Waals surface area contributed by atoms with E-state index in [2.05, 4.69) is 28.9 Å². The van der Waals surface area contributed by atoms with E-state index in [-0.39, 0.29) is 5.92 Å². The van der Waals surface area contributed by atoms with Crippen molar-refractivity contribution in [3.63, 3.8) is 0 Å². The molecule has 1 heterocycles. The van der Waals surface area contributed by atoms with Crippen molar-refractivity contribution in [1.29, 1.82) is 0 Å². The second-order valence-corrected chi connectivity index (χ2v) is 7.99. The van der Waals surface area contributed by atoms with Crippen molar-refractivity contribution in [3.8, 4) is 0 Å². The van der Waals surface area contributed by atoms with Crippen molar-refractivity contribution in [2.45, 2.75) is 39.2 Å². The topological polar surface area (TPSA) is 46.3 Å². The lowest BCUT2D eigenvalue weighted by Crippen LogP contribution is -2.41. The number of carbonyl (C=O) groups excluding carboxylic acids is 1. The van der Waals surface area contributed by atoms with Crippen LogP contribution in [0.3, 0.4) is 0 Å². The van der Waals surface area contributed by atoms with E-state index in [4.69, 9.17) is 5.73 Å². The molecule has 1 aliphatic rings. The average Bonchev–Trinajstić information content (AvgIpc) is 2.89. The lowest BCUT2D eigenvalue weighted by molar-refractivity contribution is -0.138. The molecule has 1 amide bonds. The maximum Gasteiger partial charge on any atom is 0.226 e. The van der Waals surface area contributed by atoms with Gasteiger partial charge in [-0.05, 0) is 60.3 Å².